The molecule has 0 aliphatic rings. The van der Waals surface area contributed by atoms with E-state index in [2.05, 4.69) is 28.2 Å². The lowest BCUT2D eigenvalue weighted by molar-refractivity contribution is -0.117. The van der Waals surface area contributed by atoms with Crippen LogP contribution in [0, 0.1) is 6.92 Å². The molecule has 1 rings (SSSR count). The first kappa shape index (κ1) is 16.0. The van der Waals surface area contributed by atoms with Gasteiger partial charge in [-0.1, -0.05) is 29.3 Å². The molecule has 1 aromatic rings. The Morgan fingerprint density at radius 2 is 2.11 bits per heavy atom. The van der Waals surface area contributed by atoms with Crippen LogP contribution in [0.15, 0.2) is 18.2 Å². The average molecular weight is 328 g/mol. The third kappa shape index (κ3) is 5.23. The Morgan fingerprint density at radius 3 is 2.63 bits per heavy atom. The third-order valence-electron chi connectivity index (χ3n) is 2.73. The molecule has 0 bridgehead atoms. The van der Waals surface area contributed by atoms with Crippen molar-refractivity contribution in [2.24, 2.45) is 0 Å². The molecule has 0 radical (unpaired) electrons. The number of anilines is 1. The zero-order valence-electron chi connectivity index (χ0n) is 12.0. The number of carbonyl (C=O) groups is 1. The number of unbranched alkanes of at least 4 members (excludes halogenated alkanes) is 1. The molecule has 0 atom stereocenters. The summed E-state index contributed by atoms with van der Waals surface area (Å²) in [7, 11) is 0. The molecule has 0 heterocycles. The maximum Gasteiger partial charge on any atom is 0.240 e. The lowest BCUT2D eigenvalue weighted by atomic mass is 10.1. The molecule has 1 amide bonds. The fourth-order valence-corrected chi connectivity index (χ4v) is 1.59. The van der Waals surface area contributed by atoms with Crippen LogP contribution in [0.3, 0.4) is 0 Å². The number of carbonyl (C=O) groups excluding carboxylic acids is 1. The highest BCUT2D eigenvalue weighted by atomic mass is 79.9. The van der Waals surface area contributed by atoms with Crippen LogP contribution in [-0.2, 0) is 4.79 Å². The van der Waals surface area contributed by atoms with E-state index in [1.54, 1.807) is 0 Å². The SMILES string of the molecule is CCCCOc1ccc(NC(=O)C(C)(C)Br)cc1C. The molecule has 4 heteroatoms. The van der Waals surface area contributed by atoms with Crippen LogP contribution < -0.4 is 10.1 Å². The minimum Gasteiger partial charge on any atom is -0.493 e. The van der Waals surface area contributed by atoms with Gasteiger partial charge in [0.1, 0.15) is 5.75 Å². The second-order valence-corrected chi connectivity index (χ2v) is 7.09. The van der Waals surface area contributed by atoms with Crippen molar-refractivity contribution < 1.29 is 9.53 Å². The third-order valence-corrected chi connectivity index (χ3v) is 3.09. The number of rotatable bonds is 6. The van der Waals surface area contributed by atoms with Crippen molar-refractivity contribution in [3.8, 4) is 5.75 Å². The van der Waals surface area contributed by atoms with Crippen molar-refractivity contribution in [3.05, 3.63) is 23.8 Å². The molecule has 0 aliphatic carbocycles. The summed E-state index contributed by atoms with van der Waals surface area (Å²) >= 11 is 3.34. The van der Waals surface area contributed by atoms with Crippen LogP contribution in [0.5, 0.6) is 5.75 Å². The largest absolute Gasteiger partial charge is 0.493 e. The Bertz CT molecular complexity index is 438. The van der Waals surface area contributed by atoms with E-state index in [1.807, 2.05) is 39.0 Å². The van der Waals surface area contributed by atoms with Crippen molar-refractivity contribution in [2.45, 2.75) is 44.9 Å². The zero-order chi connectivity index (χ0) is 14.5. The molecule has 0 spiro atoms. The van der Waals surface area contributed by atoms with Gasteiger partial charge in [0.05, 0.1) is 10.9 Å². The highest BCUT2D eigenvalue weighted by Gasteiger charge is 2.23. The Kier molecular flexibility index (Phi) is 5.85. The average Bonchev–Trinajstić information content (AvgIpc) is 2.31. The fourth-order valence-electron chi connectivity index (χ4n) is 1.50. The van der Waals surface area contributed by atoms with Crippen molar-refractivity contribution >= 4 is 27.5 Å². The Hall–Kier alpha value is -1.03. The molecular weight excluding hydrogens is 306 g/mol. The van der Waals surface area contributed by atoms with Crippen LogP contribution in [-0.4, -0.2) is 16.8 Å². The first-order valence-corrected chi connectivity index (χ1v) is 7.37. The quantitative estimate of drug-likeness (QED) is 0.625. The predicted octanol–water partition coefficient (Wildman–Crippen LogP) is 4.29. The number of amides is 1. The van der Waals surface area contributed by atoms with Gasteiger partial charge in [-0.15, -0.1) is 0 Å². The summed E-state index contributed by atoms with van der Waals surface area (Å²) in [6.45, 7) is 8.49. The summed E-state index contributed by atoms with van der Waals surface area (Å²) < 4.78 is 5.11. The lowest BCUT2D eigenvalue weighted by Gasteiger charge is -2.17. The van der Waals surface area contributed by atoms with Gasteiger partial charge >= 0.3 is 0 Å². The van der Waals surface area contributed by atoms with Gasteiger partial charge in [0, 0.05) is 5.69 Å². The monoisotopic (exact) mass is 327 g/mol. The molecule has 0 aromatic heterocycles. The van der Waals surface area contributed by atoms with E-state index in [9.17, 15) is 4.79 Å². The fraction of sp³-hybridized carbons (Fsp3) is 0.533. The lowest BCUT2D eigenvalue weighted by Crippen LogP contribution is -2.30. The smallest absolute Gasteiger partial charge is 0.240 e. The van der Waals surface area contributed by atoms with E-state index >= 15 is 0 Å². The van der Waals surface area contributed by atoms with Gasteiger partial charge in [0.15, 0.2) is 0 Å². The number of aryl methyl sites for hydroxylation is 1. The highest BCUT2D eigenvalue weighted by molar-refractivity contribution is 9.10. The molecule has 3 nitrogen and oxygen atoms in total. The predicted molar refractivity (Wildman–Crippen MR) is 83.2 cm³/mol. The van der Waals surface area contributed by atoms with Crippen molar-refractivity contribution in [2.75, 3.05) is 11.9 Å². The van der Waals surface area contributed by atoms with E-state index in [0.717, 1.165) is 36.4 Å². The van der Waals surface area contributed by atoms with E-state index in [4.69, 9.17) is 4.74 Å². The summed E-state index contributed by atoms with van der Waals surface area (Å²) in [6, 6.07) is 5.70. The number of benzene rings is 1. The molecule has 0 aliphatic heterocycles. The number of hydrogen-bond acceptors (Lipinski definition) is 2. The molecular formula is C15H22BrNO2. The highest BCUT2D eigenvalue weighted by Crippen LogP contribution is 2.24. The van der Waals surface area contributed by atoms with Gasteiger partial charge in [-0.05, 0) is 51.0 Å². The first-order chi connectivity index (χ1) is 8.84. The van der Waals surface area contributed by atoms with Crippen molar-refractivity contribution in [1.82, 2.24) is 0 Å². The van der Waals surface area contributed by atoms with Crippen LogP contribution >= 0.6 is 15.9 Å². The summed E-state index contributed by atoms with van der Waals surface area (Å²) in [6.07, 6.45) is 2.17. The maximum atomic E-state index is 11.9. The van der Waals surface area contributed by atoms with Gasteiger partial charge < -0.3 is 10.1 Å². The molecule has 1 aromatic carbocycles. The second-order valence-electron chi connectivity index (χ2n) is 5.11. The van der Waals surface area contributed by atoms with Crippen LogP contribution in [0.25, 0.3) is 0 Å². The number of hydrogen-bond donors (Lipinski definition) is 1. The van der Waals surface area contributed by atoms with Gasteiger partial charge in [-0.2, -0.15) is 0 Å². The number of nitrogens with one attached hydrogen (secondary N) is 1. The van der Waals surface area contributed by atoms with Crippen LogP contribution in [0.2, 0.25) is 0 Å². The minimum atomic E-state index is -0.572. The summed E-state index contributed by atoms with van der Waals surface area (Å²) in [4.78, 5) is 11.9. The first-order valence-electron chi connectivity index (χ1n) is 6.58. The summed E-state index contributed by atoms with van der Waals surface area (Å²) in [5, 5.41) is 2.88. The van der Waals surface area contributed by atoms with Gasteiger partial charge in [-0.3, -0.25) is 4.79 Å². The normalized spacial score (nSPS) is 11.2. The molecule has 1 N–H and O–H groups in total. The maximum absolute atomic E-state index is 11.9. The molecule has 106 valence electrons. The van der Waals surface area contributed by atoms with E-state index in [0.29, 0.717) is 0 Å². The van der Waals surface area contributed by atoms with Crippen LogP contribution in [0.4, 0.5) is 5.69 Å². The van der Waals surface area contributed by atoms with Crippen LogP contribution in [0.1, 0.15) is 39.2 Å². The topological polar surface area (TPSA) is 38.3 Å². The minimum absolute atomic E-state index is 0.0634. The standard InChI is InChI=1S/C15H22BrNO2/c1-5-6-9-19-13-8-7-12(10-11(13)2)17-14(18)15(3,4)16/h7-8,10H,5-6,9H2,1-4H3,(H,17,18). The Morgan fingerprint density at radius 1 is 1.42 bits per heavy atom. The molecule has 19 heavy (non-hydrogen) atoms. The second kappa shape index (κ2) is 6.94. The van der Waals surface area contributed by atoms with E-state index in [-0.39, 0.29) is 5.91 Å². The van der Waals surface area contributed by atoms with Crippen molar-refractivity contribution in [1.29, 1.82) is 0 Å². The summed E-state index contributed by atoms with van der Waals surface area (Å²) in [5.41, 5.74) is 1.82. The van der Waals surface area contributed by atoms with Gasteiger partial charge in [-0.25, -0.2) is 0 Å². The zero-order valence-corrected chi connectivity index (χ0v) is 13.6. The Labute approximate surface area is 123 Å². The number of halogens is 1. The van der Waals surface area contributed by atoms with E-state index in [1.165, 1.54) is 0 Å². The van der Waals surface area contributed by atoms with Gasteiger partial charge in [0.2, 0.25) is 5.91 Å². The molecule has 0 fully saturated rings. The van der Waals surface area contributed by atoms with Gasteiger partial charge in [0.25, 0.3) is 0 Å². The summed E-state index contributed by atoms with van der Waals surface area (Å²) in [5.74, 6) is 0.816. The molecule has 0 unspecified atom stereocenters. The Balaban J connectivity index is 2.69. The molecule has 0 saturated heterocycles. The van der Waals surface area contributed by atoms with Crippen molar-refractivity contribution in [3.63, 3.8) is 0 Å². The number of ether oxygens (including phenoxy) is 1. The number of alkyl halides is 1. The van der Waals surface area contributed by atoms with E-state index < -0.39 is 4.32 Å². The molecule has 0 saturated carbocycles.